The predicted octanol–water partition coefficient (Wildman–Crippen LogP) is 4.41. The molecule has 0 saturated carbocycles. The summed E-state index contributed by atoms with van der Waals surface area (Å²) in [5.41, 5.74) is 17.3. The van der Waals surface area contributed by atoms with Crippen LogP contribution in [0.2, 0.25) is 0 Å². The van der Waals surface area contributed by atoms with Crippen molar-refractivity contribution in [1.29, 1.82) is 5.26 Å². The van der Waals surface area contributed by atoms with Crippen LogP contribution < -0.4 is 16.4 Å². The van der Waals surface area contributed by atoms with Gasteiger partial charge in [-0.3, -0.25) is 9.69 Å². The number of ketones is 1. The fourth-order valence-corrected chi connectivity index (χ4v) is 4.71. The molecule has 0 bridgehead atoms. The van der Waals surface area contributed by atoms with Crippen molar-refractivity contribution in [3.8, 4) is 6.07 Å². The van der Waals surface area contributed by atoms with Crippen molar-refractivity contribution in [2.24, 2.45) is 0 Å². The molecule has 152 valence electrons. The molecule has 6 heteroatoms. The van der Waals surface area contributed by atoms with Crippen LogP contribution in [0, 0.1) is 11.3 Å². The average molecular weight is 407 g/mol. The highest BCUT2D eigenvalue weighted by Gasteiger charge is 2.42. The minimum absolute atomic E-state index is 0.0951. The maximum absolute atomic E-state index is 13.3. The van der Waals surface area contributed by atoms with E-state index in [-0.39, 0.29) is 28.8 Å². The van der Waals surface area contributed by atoms with Gasteiger partial charge in [-0.2, -0.15) is 5.26 Å². The molecule has 1 aliphatic heterocycles. The van der Waals surface area contributed by atoms with Crippen LogP contribution in [-0.2, 0) is 4.79 Å². The summed E-state index contributed by atoms with van der Waals surface area (Å²) in [5.74, 6) is 0.399. The van der Waals surface area contributed by atoms with Gasteiger partial charge in [-0.05, 0) is 30.5 Å². The number of pyridine rings is 1. The molecule has 1 atom stereocenters. The highest BCUT2D eigenvalue weighted by molar-refractivity contribution is 6.03. The Balaban J connectivity index is 1.90. The number of anilines is 4. The fourth-order valence-electron chi connectivity index (χ4n) is 4.71. The number of nitriles is 1. The van der Waals surface area contributed by atoms with Gasteiger partial charge in [0.05, 0.1) is 5.69 Å². The lowest BCUT2D eigenvalue weighted by Crippen LogP contribution is -2.34. The van der Waals surface area contributed by atoms with E-state index < -0.39 is 0 Å². The van der Waals surface area contributed by atoms with Crippen LogP contribution in [0.15, 0.2) is 71.9 Å². The van der Waals surface area contributed by atoms with Gasteiger partial charge in [0.2, 0.25) is 0 Å². The molecule has 31 heavy (non-hydrogen) atoms. The molecule has 1 unspecified atom stereocenters. The molecule has 2 aliphatic rings. The summed E-state index contributed by atoms with van der Waals surface area (Å²) in [6.07, 6.45) is 2.02. The number of fused-ring (bicyclic) bond motifs is 1. The quantitative estimate of drug-likeness (QED) is 0.651. The maximum Gasteiger partial charge on any atom is 0.161 e. The van der Waals surface area contributed by atoms with Gasteiger partial charge in [-0.25, -0.2) is 4.98 Å². The number of allylic oxidation sites excluding steroid dienone is 2. The third-order valence-corrected chi connectivity index (χ3v) is 6.03. The minimum atomic E-state index is -0.390. The van der Waals surface area contributed by atoms with Crippen molar-refractivity contribution in [3.63, 3.8) is 0 Å². The molecule has 1 aromatic heterocycles. The number of aromatic nitrogens is 1. The second-order valence-electron chi connectivity index (χ2n) is 7.79. The lowest BCUT2D eigenvalue weighted by atomic mass is 9.74. The Morgan fingerprint density at radius 2 is 1.68 bits per heavy atom. The Labute approximate surface area is 180 Å². The molecular weight excluding hydrogens is 386 g/mol. The van der Waals surface area contributed by atoms with E-state index in [1.165, 1.54) is 0 Å². The summed E-state index contributed by atoms with van der Waals surface area (Å²) in [7, 11) is 0. The van der Waals surface area contributed by atoms with Crippen molar-refractivity contribution < 1.29 is 4.79 Å². The lowest BCUT2D eigenvalue weighted by Gasteiger charge is -2.41. The maximum atomic E-state index is 13.3. The first kappa shape index (κ1) is 18.9. The Morgan fingerprint density at radius 3 is 2.35 bits per heavy atom. The summed E-state index contributed by atoms with van der Waals surface area (Å²) in [5, 5.41) is 9.68. The van der Waals surface area contributed by atoms with Gasteiger partial charge >= 0.3 is 0 Å². The molecule has 6 nitrogen and oxygen atoms in total. The molecule has 3 aromatic rings. The molecule has 0 fully saturated rings. The van der Waals surface area contributed by atoms with Crippen molar-refractivity contribution in [1.82, 2.24) is 4.98 Å². The van der Waals surface area contributed by atoms with Crippen LogP contribution in [0.1, 0.15) is 41.9 Å². The van der Waals surface area contributed by atoms with E-state index in [1.807, 2.05) is 65.6 Å². The van der Waals surface area contributed by atoms with E-state index in [0.29, 0.717) is 17.8 Å². The zero-order chi connectivity index (χ0) is 21.5. The normalized spacial score (nSPS) is 17.7. The minimum Gasteiger partial charge on any atom is -0.397 e. The first-order chi connectivity index (χ1) is 15.1. The number of hydrogen-bond donors (Lipinski definition) is 2. The second kappa shape index (κ2) is 7.29. The fraction of sp³-hybridized carbons (Fsp3) is 0.160. The monoisotopic (exact) mass is 407 g/mol. The SMILES string of the molecule is N#Cc1c(N)nc2c(c1N)C(c1ccccc1)C1=C(CCCC1=O)N2c1ccccc1. The molecule has 2 aromatic carbocycles. The number of nitrogens with two attached hydrogens (primary N) is 2. The van der Waals surface area contributed by atoms with Gasteiger partial charge in [0.1, 0.15) is 23.3 Å². The van der Waals surface area contributed by atoms with E-state index in [1.54, 1.807) is 0 Å². The Kier molecular flexibility index (Phi) is 4.45. The van der Waals surface area contributed by atoms with Crippen LogP contribution in [0.3, 0.4) is 0 Å². The zero-order valence-corrected chi connectivity index (χ0v) is 16.9. The van der Waals surface area contributed by atoms with Crippen LogP contribution in [0.5, 0.6) is 0 Å². The second-order valence-corrected chi connectivity index (χ2v) is 7.79. The zero-order valence-electron chi connectivity index (χ0n) is 16.9. The lowest BCUT2D eigenvalue weighted by molar-refractivity contribution is -0.116. The number of nitrogens with zero attached hydrogens (tertiary/aromatic N) is 3. The molecule has 1 aliphatic carbocycles. The van der Waals surface area contributed by atoms with E-state index >= 15 is 0 Å². The third kappa shape index (κ3) is 2.86. The first-order valence-corrected chi connectivity index (χ1v) is 10.3. The molecule has 0 spiro atoms. The number of carbonyl (C=O) groups is 1. The van der Waals surface area contributed by atoms with E-state index in [9.17, 15) is 10.1 Å². The number of rotatable bonds is 2. The van der Waals surface area contributed by atoms with Gasteiger partial charge in [0, 0.05) is 34.9 Å². The Morgan fingerprint density at radius 1 is 1.00 bits per heavy atom. The number of Topliss-reactive ketones (excluding diaryl/α,β-unsaturated/α-hetero) is 1. The van der Waals surface area contributed by atoms with Gasteiger partial charge < -0.3 is 11.5 Å². The third-order valence-electron chi connectivity index (χ3n) is 6.03. The number of benzene rings is 2. The smallest absolute Gasteiger partial charge is 0.161 e. The standard InChI is InChI=1S/C25H21N5O/c26-14-17-23(27)22-20(15-8-3-1-4-9-15)21-18(12-7-13-19(21)31)30(25(22)29-24(17)28)16-10-5-2-6-11-16/h1-6,8-11,20H,7,12-13H2,(H4,27,28,29). The Hall–Kier alpha value is -4.11. The van der Waals surface area contributed by atoms with E-state index in [2.05, 4.69) is 11.1 Å². The molecule has 5 rings (SSSR count). The summed E-state index contributed by atoms with van der Waals surface area (Å²) in [6.45, 7) is 0. The van der Waals surface area contributed by atoms with Crippen molar-refractivity contribution >= 4 is 28.8 Å². The van der Waals surface area contributed by atoms with Crippen LogP contribution in [-0.4, -0.2) is 10.8 Å². The number of hydrogen-bond acceptors (Lipinski definition) is 6. The van der Waals surface area contributed by atoms with Gasteiger partial charge in [-0.15, -0.1) is 0 Å². The summed E-state index contributed by atoms with van der Waals surface area (Å²) in [6, 6.07) is 21.7. The van der Waals surface area contributed by atoms with Crippen molar-refractivity contribution in [3.05, 3.63) is 88.6 Å². The topological polar surface area (TPSA) is 109 Å². The van der Waals surface area contributed by atoms with Gasteiger partial charge in [0.25, 0.3) is 0 Å². The van der Waals surface area contributed by atoms with Crippen molar-refractivity contribution in [2.45, 2.75) is 25.2 Å². The molecule has 0 amide bonds. The van der Waals surface area contributed by atoms with Crippen LogP contribution >= 0.6 is 0 Å². The van der Waals surface area contributed by atoms with Crippen LogP contribution in [0.4, 0.5) is 23.0 Å². The molecule has 0 saturated heterocycles. The highest BCUT2D eigenvalue weighted by atomic mass is 16.1. The molecule has 0 radical (unpaired) electrons. The highest BCUT2D eigenvalue weighted by Crippen LogP contribution is 2.52. The van der Waals surface area contributed by atoms with Gasteiger partial charge in [0.15, 0.2) is 5.78 Å². The Bertz CT molecular complexity index is 1260. The summed E-state index contributed by atoms with van der Waals surface area (Å²) >= 11 is 0. The van der Waals surface area contributed by atoms with E-state index in [4.69, 9.17) is 11.5 Å². The predicted molar refractivity (Wildman–Crippen MR) is 121 cm³/mol. The van der Waals surface area contributed by atoms with Gasteiger partial charge in [-0.1, -0.05) is 48.5 Å². The molecular formula is C25H21N5O. The van der Waals surface area contributed by atoms with Crippen LogP contribution in [0.25, 0.3) is 0 Å². The average Bonchev–Trinajstić information content (AvgIpc) is 2.79. The summed E-state index contributed by atoms with van der Waals surface area (Å²) < 4.78 is 0. The molecule has 2 heterocycles. The number of carbonyl (C=O) groups excluding carboxylic acids is 1. The largest absolute Gasteiger partial charge is 0.397 e. The first-order valence-electron chi connectivity index (χ1n) is 10.3. The number of para-hydroxylation sites is 1. The molecule has 4 N–H and O–H groups in total. The van der Waals surface area contributed by atoms with E-state index in [0.717, 1.165) is 35.4 Å². The number of nitrogen functional groups attached to an aromatic ring is 2. The summed E-state index contributed by atoms with van der Waals surface area (Å²) in [4.78, 5) is 19.9. The van der Waals surface area contributed by atoms with Crippen molar-refractivity contribution in [2.75, 3.05) is 16.4 Å².